The molecule has 0 aromatic rings. The third-order valence-corrected chi connectivity index (χ3v) is 20.2. The molecule has 0 heterocycles. The minimum Gasteiger partial charge on any atom is -0.462 e. The molecule has 0 amide bonds. The van der Waals surface area contributed by atoms with Gasteiger partial charge < -0.3 is 33.8 Å². The summed E-state index contributed by atoms with van der Waals surface area (Å²) in [5.74, 6) is -0.568. The molecule has 19 heteroatoms. The average Bonchev–Trinajstić information content (AvgIpc) is 1.60. The van der Waals surface area contributed by atoms with Crippen LogP contribution in [0.15, 0.2) is 0 Å². The predicted octanol–water partition coefficient (Wildman–Crippen LogP) is 22.7. The lowest BCUT2D eigenvalue weighted by atomic mass is 9.99. The van der Waals surface area contributed by atoms with Crippen LogP contribution in [0.3, 0.4) is 0 Å². The van der Waals surface area contributed by atoms with Crippen LogP contribution in [0.4, 0.5) is 0 Å². The van der Waals surface area contributed by atoms with Gasteiger partial charge in [-0.1, -0.05) is 350 Å². The largest absolute Gasteiger partial charge is 0.472 e. The highest BCUT2D eigenvalue weighted by Gasteiger charge is 2.30. The standard InChI is InChI=1S/C77H150O17P2/c1-7-10-12-14-16-18-20-21-22-23-24-25-26-27-29-37-43-49-55-61-76(81)93-72(65-88-75(80)60-54-48-42-36-31-30-34-40-46-52-58-70(6)9-3)67-91-95(83,84)89-63-71(78)64-90-96(85,86)92-68-73(66-87-74(79)59-53-47-41-35-28-19-17-15-13-11-8-2)94-77(82)62-56-50-44-38-32-33-39-45-51-57-69(4)5/h69-73,78H,7-68H2,1-6H3,(H,83,84)(H,85,86)/t70?,71-,72-,73-/m1/s1. The van der Waals surface area contributed by atoms with E-state index in [-0.39, 0.29) is 25.7 Å². The number of ether oxygens (including phenoxy) is 4. The van der Waals surface area contributed by atoms with Crippen LogP contribution < -0.4 is 0 Å². The van der Waals surface area contributed by atoms with Gasteiger partial charge in [0.25, 0.3) is 0 Å². The summed E-state index contributed by atoms with van der Waals surface area (Å²) in [4.78, 5) is 72.8. The number of phosphoric acid groups is 2. The number of hydrogen-bond acceptors (Lipinski definition) is 15. The van der Waals surface area contributed by atoms with Gasteiger partial charge in [-0.15, -0.1) is 0 Å². The van der Waals surface area contributed by atoms with Crippen molar-refractivity contribution in [3.05, 3.63) is 0 Å². The Morgan fingerprint density at radius 3 is 0.792 bits per heavy atom. The molecule has 0 radical (unpaired) electrons. The Kier molecular flexibility index (Phi) is 67.4. The predicted molar refractivity (Wildman–Crippen MR) is 391 cm³/mol. The number of aliphatic hydroxyl groups excluding tert-OH is 1. The number of hydrogen-bond donors (Lipinski definition) is 3. The van der Waals surface area contributed by atoms with Crippen LogP contribution in [-0.4, -0.2) is 96.7 Å². The van der Waals surface area contributed by atoms with Gasteiger partial charge >= 0.3 is 39.5 Å². The molecule has 3 unspecified atom stereocenters. The quantitative estimate of drug-likeness (QED) is 0.0222. The van der Waals surface area contributed by atoms with Gasteiger partial charge in [0.1, 0.15) is 19.3 Å². The first-order valence-electron chi connectivity index (χ1n) is 40.0. The third-order valence-electron chi connectivity index (χ3n) is 18.3. The van der Waals surface area contributed by atoms with Gasteiger partial charge in [-0.05, 0) is 37.5 Å². The molecule has 0 aliphatic rings. The molecule has 0 saturated heterocycles. The van der Waals surface area contributed by atoms with Gasteiger partial charge in [0.2, 0.25) is 0 Å². The lowest BCUT2D eigenvalue weighted by Gasteiger charge is -2.21. The molecule has 0 bridgehead atoms. The summed E-state index contributed by atoms with van der Waals surface area (Å²) < 4.78 is 68.6. The molecule has 6 atom stereocenters. The van der Waals surface area contributed by atoms with Crippen LogP contribution in [0.1, 0.15) is 401 Å². The van der Waals surface area contributed by atoms with E-state index >= 15 is 0 Å². The summed E-state index contributed by atoms with van der Waals surface area (Å²) in [6, 6.07) is 0. The van der Waals surface area contributed by atoms with Gasteiger partial charge in [-0.2, -0.15) is 0 Å². The van der Waals surface area contributed by atoms with Crippen LogP contribution in [-0.2, 0) is 65.4 Å². The Bertz CT molecular complexity index is 1860. The minimum absolute atomic E-state index is 0.106. The Morgan fingerprint density at radius 1 is 0.302 bits per heavy atom. The highest BCUT2D eigenvalue weighted by atomic mass is 31.2. The normalized spacial score (nSPS) is 14.3. The fraction of sp³-hybridized carbons (Fsp3) is 0.948. The molecule has 0 fully saturated rings. The molecule has 0 aromatic heterocycles. The molecule has 0 aromatic carbocycles. The number of unbranched alkanes of at least 4 members (excludes halogenated alkanes) is 45. The molecular formula is C77H150O17P2. The number of aliphatic hydroxyl groups is 1. The highest BCUT2D eigenvalue weighted by molar-refractivity contribution is 7.47. The van der Waals surface area contributed by atoms with E-state index in [0.29, 0.717) is 25.7 Å². The molecule has 3 N–H and O–H groups in total. The molecule has 96 heavy (non-hydrogen) atoms. The SMILES string of the molecule is CCCCCCCCCCCCCCCCCCCCCC(=O)O[C@H](COC(=O)CCCCCCCCCCCCC(C)CC)COP(=O)(O)OC[C@@H](O)COP(=O)(O)OC[C@@H](COC(=O)CCCCCCCCCCCCC)OC(=O)CCCCCCCCCCCC(C)C. The Labute approximate surface area is 588 Å². The highest BCUT2D eigenvalue weighted by Crippen LogP contribution is 2.45. The van der Waals surface area contributed by atoms with E-state index < -0.39 is 97.5 Å². The summed E-state index contributed by atoms with van der Waals surface area (Å²) >= 11 is 0. The monoisotopic (exact) mass is 1410 g/mol. The summed E-state index contributed by atoms with van der Waals surface area (Å²) in [5, 5.41) is 10.6. The van der Waals surface area contributed by atoms with E-state index in [4.69, 9.17) is 37.0 Å². The zero-order chi connectivity index (χ0) is 70.7. The van der Waals surface area contributed by atoms with Crippen molar-refractivity contribution in [2.75, 3.05) is 39.6 Å². The second-order valence-corrected chi connectivity index (χ2v) is 31.4. The smallest absolute Gasteiger partial charge is 0.462 e. The summed E-state index contributed by atoms with van der Waals surface area (Å²) in [7, 11) is -9.91. The average molecular weight is 1410 g/mol. The zero-order valence-electron chi connectivity index (χ0n) is 62.7. The van der Waals surface area contributed by atoms with Crippen LogP contribution >= 0.6 is 15.6 Å². The summed E-state index contributed by atoms with van der Waals surface area (Å²) in [5.41, 5.74) is 0. The molecule has 0 spiro atoms. The van der Waals surface area contributed by atoms with Gasteiger partial charge in [-0.3, -0.25) is 37.3 Å². The van der Waals surface area contributed by atoms with Crippen LogP contribution in [0.25, 0.3) is 0 Å². The molecule has 17 nitrogen and oxygen atoms in total. The fourth-order valence-corrected chi connectivity index (χ4v) is 13.4. The Morgan fingerprint density at radius 2 is 0.531 bits per heavy atom. The van der Waals surface area contributed by atoms with Crippen molar-refractivity contribution in [3.8, 4) is 0 Å². The number of carbonyl (C=O) groups is 4. The zero-order valence-corrected chi connectivity index (χ0v) is 64.5. The van der Waals surface area contributed by atoms with Crippen LogP contribution in [0.2, 0.25) is 0 Å². The minimum atomic E-state index is -4.96. The van der Waals surface area contributed by atoms with Crippen molar-refractivity contribution in [2.45, 2.75) is 419 Å². The topological polar surface area (TPSA) is 237 Å². The summed E-state index contributed by atoms with van der Waals surface area (Å²) in [6.45, 7) is 9.61. The van der Waals surface area contributed by atoms with E-state index in [9.17, 15) is 43.2 Å². The van der Waals surface area contributed by atoms with E-state index in [1.165, 1.54) is 218 Å². The van der Waals surface area contributed by atoms with Crippen molar-refractivity contribution in [2.24, 2.45) is 11.8 Å². The number of phosphoric ester groups is 2. The van der Waals surface area contributed by atoms with E-state index in [2.05, 4.69) is 41.5 Å². The van der Waals surface area contributed by atoms with Crippen LogP contribution in [0.5, 0.6) is 0 Å². The maximum absolute atomic E-state index is 13.1. The van der Waals surface area contributed by atoms with Crippen LogP contribution in [0, 0.1) is 11.8 Å². The van der Waals surface area contributed by atoms with Crippen molar-refractivity contribution < 1.29 is 80.2 Å². The van der Waals surface area contributed by atoms with Gasteiger partial charge in [0.05, 0.1) is 26.4 Å². The molecule has 0 rings (SSSR count). The molecular weight excluding hydrogens is 1260 g/mol. The first-order chi connectivity index (χ1) is 46.4. The second-order valence-electron chi connectivity index (χ2n) is 28.5. The van der Waals surface area contributed by atoms with Crippen molar-refractivity contribution in [3.63, 3.8) is 0 Å². The van der Waals surface area contributed by atoms with E-state index in [0.717, 1.165) is 102 Å². The Balaban J connectivity index is 5.24. The van der Waals surface area contributed by atoms with E-state index in [1.807, 2.05) is 0 Å². The maximum Gasteiger partial charge on any atom is 0.472 e. The molecule has 0 saturated carbocycles. The second kappa shape index (κ2) is 68.8. The number of rotatable bonds is 76. The fourth-order valence-electron chi connectivity index (χ4n) is 11.8. The molecule has 0 aliphatic heterocycles. The maximum atomic E-state index is 13.1. The lowest BCUT2D eigenvalue weighted by molar-refractivity contribution is -0.161. The Hall–Kier alpha value is -1.94. The van der Waals surface area contributed by atoms with Crippen molar-refractivity contribution in [1.29, 1.82) is 0 Å². The van der Waals surface area contributed by atoms with Gasteiger partial charge in [0, 0.05) is 25.7 Å². The third kappa shape index (κ3) is 69.2. The first-order valence-corrected chi connectivity index (χ1v) is 43.0. The first kappa shape index (κ1) is 94.1. The lowest BCUT2D eigenvalue weighted by Crippen LogP contribution is -2.30. The van der Waals surface area contributed by atoms with Gasteiger partial charge in [0.15, 0.2) is 12.2 Å². The van der Waals surface area contributed by atoms with E-state index in [1.54, 1.807) is 0 Å². The molecule has 0 aliphatic carbocycles. The van der Waals surface area contributed by atoms with Crippen molar-refractivity contribution >= 4 is 39.5 Å². The molecule has 570 valence electrons. The van der Waals surface area contributed by atoms with Crippen molar-refractivity contribution in [1.82, 2.24) is 0 Å². The number of esters is 4. The van der Waals surface area contributed by atoms with Gasteiger partial charge in [-0.25, -0.2) is 9.13 Å². The number of carbonyl (C=O) groups excluding carboxylic acids is 4. The summed E-state index contributed by atoms with van der Waals surface area (Å²) in [6.07, 6.45) is 56.8.